The summed E-state index contributed by atoms with van der Waals surface area (Å²) < 4.78 is 7.90. The molecular formula is C20H20N4OS3. The number of rotatable bonds is 4. The lowest BCUT2D eigenvalue weighted by Crippen LogP contribution is -2.46. The number of para-hydroxylation sites is 2. The molecule has 1 saturated heterocycles. The van der Waals surface area contributed by atoms with Gasteiger partial charge in [-0.25, -0.2) is 9.97 Å². The number of fused-ring (bicyclic) bond motifs is 2. The predicted octanol–water partition coefficient (Wildman–Crippen LogP) is 4.96. The highest BCUT2D eigenvalue weighted by Gasteiger charge is 2.23. The molecule has 2 aromatic carbocycles. The van der Waals surface area contributed by atoms with Gasteiger partial charge in [0, 0.05) is 31.1 Å². The van der Waals surface area contributed by atoms with Crippen molar-refractivity contribution in [2.45, 2.75) is 4.90 Å². The van der Waals surface area contributed by atoms with Gasteiger partial charge in [-0.15, -0.1) is 11.8 Å². The largest absolute Gasteiger partial charge is 0.494 e. The van der Waals surface area contributed by atoms with E-state index in [0.29, 0.717) is 0 Å². The van der Waals surface area contributed by atoms with Crippen LogP contribution in [-0.2, 0) is 0 Å². The van der Waals surface area contributed by atoms with E-state index in [1.807, 2.05) is 12.1 Å². The van der Waals surface area contributed by atoms with Crippen molar-refractivity contribution in [2.75, 3.05) is 49.3 Å². The number of aromatic nitrogens is 2. The van der Waals surface area contributed by atoms with E-state index in [0.717, 1.165) is 53.2 Å². The van der Waals surface area contributed by atoms with Crippen molar-refractivity contribution < 1.29 is 4.74 Å². The van der Waals surface area contributed by atoms with Crippen LogP contribution in [0.2, 0.25) is 0 Å². The minimum absolute atomic E-state index is 0.845. The molecule has 1 aliphatic heterocycles. The van der Waals surface area contributed by atoms with Crippen LogP contribution < -0.4 is 14.5 Å². The van der Waals surface area contributed by atoms with E-state index in [9.17, 15) is 0 Å². The average Bonchev–Trinajstić information content (AvgIpc) is 3.37. The van der Waals surface area contributed by atoms with Gasteiger partial charge in [-0.1, -0.05) is 34.8 Å². The van der Waals surface area contributed by atoms with E-state index in [4.69, 9.17) is 14.7 Å². The third kappa shape index (κ3) is 3.09. The zero-order valence-corrected chi connectivity index (χ0v) is 18.2. The van der Waals surface area contributed by atoms with Gasteiger partial charge < -0.3 is 14.5 Å². The van der Waals surface area contributed by atoms with Crippen molar-refractivity contribution in [3.8, 4) is 5.75 Å². The number of thiazole rings is 2. The van der Waals surface area contributed by atoms with Gasteiger partial charge in [0.25, 0.3) is 0 Å². The molecule has 28 heavy (non-hydrogen) atoms. The number of methoxy groups -OCH3 is 1. The lowest BCUT2D eigenvalue weighted by atomic mass is 10.3. The van der Waals surface area contributed by atoms with E-state index >= 15 is 0 Å². The second-order valence-corrected chi connectivity index (χ2v) is 9.45. The van der Waals surface area contributed by atoms with Crippen LogP contribution in [0.15, 0.2) is 41.3 Å². The summed E-state index contributed by atoms with van der Waals surface area (Å²) in [6.07, 6.45) is 2.11. The molecule has 0 bridgehead atoms. The highest BCUT2D eigenvalue weighted by molar-refractivity contribution is 7.98. The highest BCUT2D eigenvalue weighted by Crippen LogP contribution is 2.36. The smallest absolute Gasteiger partial charge is 0.186 e. The van der Waals surface area contributed by atoms with Crippen molar-refractivity contribution in [2.24, 2.45) is 0 Å². The van der Waals surface area contributed by atoms with Crippen molar-refractivity contribution in [1.82, 2.24) is 9.97 Å². The van der Waals surface area contributed by atoms with Crippen LogP contribution in [0.4, 0.5) is 10.3 Å². The Morgan fingerprint density at radius 1 is 0.857 bits per heavy atom. The molecule has 1 aliphatic rings. The van der Waals surface area contributed by atoms with Crippen molar-refractivity contribution in [1.29, 1.82) is 0 Å². The van der Waals surface area contributed by atoms with Crippen LogP contribution in [-0.4, -0.2) is 49.5 Å². The second-order valence-electron chi connectivity index (χ2n) is 6.58. The van der Waals surface area contributed by atoms with Crippen LogP contribution in [0, 0.1) is 0 Å². The normalized spacial score (nSPS) is 14.9. The summed E-state index contributed by atoms with van der Waals surface area (Å²) in [5.41, 5.74) is 2.10. The van der Waals surface area contributed by atoms with E-state index in [-0.39, 0.29) is 0 Å². The fraction of sp³-hybridized carbons (Fsp3) is 0.300. The molecule has 0 N–H and O–H groups in total. The first-order chi connectivity index (χ1) is 13.8. The van der Waals surface area contributed by atoms with E-state index < -0.39 is 0 Å². The molecule has 0 amide bonds. The van der Waals surface area contributed by atoms with Crippen LogP contribution >= 0.6 is 34.4 Å². The van der Waals surface area contributed by atoms with Gasteiger partial charge in [0.2, 0.25) is 0 Å². The molecule has 0 spiro atoms. The van der Waals surface area contributed by atoms with Gasteiger partial charge in [0.05, 0.1) is 22.0 Å². The number of thioether (sulfide) groups is 1. The minimum Gasteiger partial charge on any atom is -0.494 e. The monoisotopic (exact) mass is 428 g/mol. The third-order valence-corrected chi connectivity index (χ3v) is 7.93. The van der Waals surface area contributed by atoms with E-state index in [1.165, 1.54) is 14.3 Å². The van der Waals surface area contributed by atoms with Crippen LogP contribution in [0.1, 0.15) is 0 Å². The molecule has 5 nitrogen and oxygen atoms in total. The van der Waals surface area contributed by atoms with E-state index in [1.54, 1.807) is 41.5 Å². The zero-order chi connectivity index (χ0) is 19.1. The Kier molecular flexibility index (Phi) is 4.78. The van der Waals surface area contributed by atoms with Crippen molar-refractivity contribution in [3.05, 3.63) is 36.4 Å². The summed E-state index contributed by atoms with van der Waals surface area (Å²) in [5, 5.41) is 2.20. The average molecular weight is 429 g/mol. The maximum atomic E-state index is 5.46. The Bertz CT molecular complexity index is 1040. The van der Waals surface area contributed by atoms with Gasteiger partial charge in [-0.2, -0.15) is 0 Å². The summed E-state index contributed by atoms with van der Waals surface area (Å²) in [7, 11) is 1.70. The Morgan fingerprint density at radius 2 is 1.43 bits per heavy atom. The summed E-state index contributed by atoms with van der Waals surface area (Å²) in [6, 6.07) is 12.5. The Hall–Kier alpha value is -2.03. The molecule has 0 radical (unpaired) electrons. The Labute approximate surface area is 176 Å². The lowest BCUT2D eigenvalue weighted by molar-refractivity contribution is 0.419. The van der Waals surface area contributed by atoms with Gasteiger partial charge in [-0.3, -0.25) is 0 Å². The molecule has 2 aromatic heterocycles. The van der Waals surface area contributed by atoms with Crippen molar-refractivity contribution >= 4 is 65.1 Å². The van der Waals surface area contributed by atoms with Crippen LogP contribution in [0.3, 0.4) is 0 Å². The fourth-order valence-corrected chi connectivity index (χ4v) is 6.22. The number of ether oxygens (including phenoxy) is 1. The second kappa shape index (κ2) is 7.42. The number of anilines is 2. The molecular weight excluding hydrogens is 408 g/mol. The number of piperazine rings is 1. The fourth-order valence-electron chi connectivity index (χ4n) is 3.51. The van der Waals surface area contributed by atoms with Gasteiger partial charge in [0.15, 0.2) is 10.3 Å². The van der Waals surface area contributed by atoms with Crippen molar-refractivity contribution in [3.63, 3.8) is 0 Å². The molecule has 1 fully saturated rings. The lowest BCUT2D eigenvalue weighted by Gasteiger charge is -2.34. The topological polar surface area (TPSA) is 41.5 Å². The quantitative estimate of drug-likeness (QED) is 0.428. The molecule has 0 aliphatic carbocycles. The molecule has 0 atom stereocenters. The molecule has 144 valence electrons. The molecule has 0 saturated carbocycles. The van der Waals surface area contributed by atoms with E-state index in [2.05, 4.69) is 40.3 Å². The standard InChI is InChI=1S/C20H20N4OS3/c1-25-13-5-3-7-15-17(13)21-19(27-15)23-9-11-24(12-10-23)20-22-18-14(26-2)6-4-8-16(18)28-20/h3-8H,9-12H2,1-2H3. The minimum atomic E-state index is 0.845. The third-order valence-electron chi connectivity index (χ3n) is 5.00. The maximum Gasteiger partial charge on any atom is 0.186 e. The molecule has 3 heterocycles. The molecule has 0 unspecified atom stereocenters. The number of hydrogen-bond acceptors (Lipinski definition) is 8. The van der Waals surface area contributed by atoms with Crippen LogP contribution in [0.5, 0.6) is 5.75 Å². The molecule has 8 heteroatoms. The summed E-state index contributed by atoms with van der Waals surface area (Å²) in [5.74, 6) is 0.845. The SMILES string of the molecule is COc1cccc2sc(N3CCN(c4nc5c(SC)cccc5s4)CC3)nc12. The first-order valence-corrected chi connectivity index (χ1v) is 12.0. The molecule has 4 aromatic rings. The first-order valence-electron chi connectivity index (χ1n) is 9.14. The zero-order valence-electron chi connectivity index (χ0n) is 15.7. The van der Waals surface area contributed by atoms with Gasteiger partial charge >= 0.3 is 0 Å². The summed E-state index contributed by atoms with van der Waals surface area (Å²) in [6.45, 7) is 3.82. The number of benzene rings is 2. The predicted molar refractivity (Wildman–Crippen MR) is 122 cm³/mol. The summed E-state index contributed by atoms with van der Waals surface area (Å²) >= 11 is 5.29. The first kappa shape index (κ1) is 18.0. The summed E-state index contributed by atoms with van der Waals surface area (Å²) in [4.78, 5) is 15.8. The van der Waals surface area contributed by atoms with Gasteiger partial charge in [-0.05, 0) is 30.5 Å². The Balaban J connectivity index is 1.35. The number of hydrogen-bond donors (Lipinski definition) is 0. The maximum absolute atomic E-state index is 5.46. The number of nitrogens with zero attached hydrogens (tertiary/aromatic N) is 4. The van der Waals surface area contributed by atoms with Crippen LogP contribution in [0.25, 0.3) is 20.4 Å². The molecule has 5 rings (SSSR count). The Morgan fingerprint density at radius 3 is 2.04 bits per heavy atom. The highest BCUT2D eigenvalue weighted by atomic mass is 32.2. The van der Waals surface area contributed by atoms with Gasteiger partial charge in [0.1, 0.15) is 11.3 Å².